The van der Waals surface area contributed by atoms with Gasteiger partial charge in [0.15, 0.2) is 0 Å². The second-order valence-electron chi connectivity index (χ2n) is 5.89. The molecule has 0 radical (unpaired) electrons. The predicted octanol–water partition coefficient (Wildman–Crippen LogP) is 4.96. The van der Waals surface area contributed by atoms with Crippen LogP contribution in [-0.4, -0.2) is 19.3 Å². The first-order valence-corrected chi connectivity index (χ1v) is 8.45. The number of rotatable bonds is 6. The number of benzene rings is 3. The van der Waals surface area contributed by atoms with Gasteiger partial charge < -0.3 is 14.6 Å². The van der Waals surface area contributed by atoms with Gasteiger partial charge in [-0.05, 0) is 23.3 Å². The van der Waals surface area contributed by atoms with Crippen LogP contribution in [0.1, 0.15) is 28.4 Å². The van der Waals surface area contributed by atoms with Gasteiger partial charge in [0.2, 0.25) is 0 Å². The highest BCUT2D eigenvalue weighted by Crippen LogP contribution is 2.36. The van der Waals surface area contributed by atoms with Crippen LogP contribution in [0.5, 0.6) is 11.5 Å². The van der Waals surface area contributed by atoms with Crippen molar-refractivity contribution < 1.29 is 14.6 Å². The molecule has 0 heterocycles. The van der Waals surface area contributed by atoms with Crippen molar-refractivity contribution in [2.45, 2.75) is 6.10 Å². The molecule has 26 heavy (non-hydrogen) atoms. The molecule has 1 unspecified atom stereocenters. The summed E-state index contributed by atoms with van der Waals surface area (Å²) in [5.41, 5.74) is 3.46. The first kappa shape index (κ1) is 17.8. The predicted molar refractivity (Wildman–Crippen MR) is 105 cm³/mol. The Morgan fingerprint density at radius 2 is 1.38 bits per heavy atom. The molecule has 0 amide bonds. The topological polar surface area (TPSA) is 38.7 Å². The lowest BCUT2D eigenvalue weighted by atomic mass is 9.98. The van der Waals surface area contributed by atoms with Crippen LogP contribution in [0.15, 0.2) is 72.8 Å². The van der Waals surface area contributed by atoms with Gasteiger partial charge in [-0.3, -0.25) is 0 Å². The van der Waals surface area contributed by atoms with Gasteiger partial charge in [-0.2, -0.15) is 0 Å². The van der Waals surface area contributed by atoms with Gasteiger partial charge in [0.05, 0.1) is 14.2 Å². The first-order chi connectivity index (χ1) is 12.7. The average Bonchev–Trinajstić information content (AvgIpc) is 2.72. The van der Waals surface area contributed by atoms with Gasteiger partial charge in [0, 0.05) is 11.1 Å². The van der Waals surface area contributed by atoms with Crippen molar-refractivity contribution in [3.63, 3.8) is 0 Å². The number of hydrogen-bond acceptors (Lipinski definition) is 3. The van der Waals surface area contributed by atoms with E-state index in [1.54, 1.807) is 14.2 Å². The molecule has 0 aliphatic carbocycles. The lowest BCUT2D eigenvalue weighted by Crippen LogP contribution is -2.04. The summed E-state index contributed by atoms with van der Waals surface area (Å²) >= 11 is 0. The SMILES string of the molecule is COc1cc(C(O)c2ccccc2)c(OC)cc1/C=C/c1ccccc1. The molecule has 0 fully saturated rings. The lowest BCUT2D eigenvalue weighted by molar-refractivity contribution is 0.214. The van der Waals surface area contributed by atoms with Crippen LogP contribution in [0.3, 0.4) is 0 Å². The smallest absolute Gasteiger partial charge is 0.126 e. The standard InChI is InChI=1S/C23H22O3/c1-25-21-16-20(23(24)18-11-7-4-8-12-18)22(26-2)15-19(21)14-13-17-9-5-3-6-10-17/h3-16,23-24H,1-2H3/b14-13+. The third kappa shape index (κ3) is 3.95. The van der Waals surface area contributed by atoms with Crippen molar-refractivity contribution in [3.8, 4) is 11.5 Å². The van der Waals surface area contributed by atoms with E-state index in [9.17, 15) is 5.11 Å². The Kier molecular flexibility index (Phi) is 5.72. The summed E-state index contributed by atoms with van der Waals surface area (Å²) in [6, 6.07) is 23.3. The fraction of sp³-hybridized carbons (Fsp3) is 0.130. The quantitative estimate of drug-likeness (QED) is 0.642. The van der Waals surface area contributed by atoms with Crippen LogP contribution in [-0.2, 0) is 0 Å². The summed E-state index contributed by atoms with van der Waals surface area (Å²) in [6.45, 7) is 0. The molecule has 0 spiro atoms. The Labute approximate surface area is 154 Å². The van der Waals surface area contributed by atoms with Crippen LogP contribution >= 0.6 is 0 Å². The summed E-state index contributed by atoms with van der Waals surface area (Å²) in [6.07, 6.45) is 3.21. The third-order valence-corrected chi connectivity index (χ3v) is 4.25. The molecule has 3 aromatic carbocycles. The third-order valence-electron chi connectivity index (χ3n) is 4.25. The molecule has 1 N–H and O–H groups in total. The summed E-state index contributed by atoms with van der Waals surface area (Å²) in [4.78, 5) is 0. The summed E-state index contributed by atoms with van der Waals surface area (Å²) in [5.74, 6) is 1.30. The Morgan fingerprint density at radius 1 is 0.769 bits per heavy atom. The molecule has 3 heteroatoms. The van der Waals surface area contributed by atoms with Crippen LogP contribution in [0.4, 0.5) is 0 Å². The first-order valence-electron chi connectivity index (χ1n) is 8.45. The summed E-state index contributed by atoms with van der Waals surface area (Å²) in [7, 11) is 3.23. The number of hydrogen-bond donors (Lipinski definition) is 1. The Morgan fingerprint density at radius 3 is 2.00 bits per heavy atom. The van der Waals surface area contributed by atoms with Gasteiger partial charge >= 0.3 is 0 Å². The molecule has 3 rings (SSSR count). The van der Waals surface area contributed by atoms with Crippen molar-refractivity contribution in [1.29, 1.82) is 0 Å². The number of methoxy groups -OCH3 is 2. The molecule has 132 valence electrons. The molecule has 0 aliphatic rings. The molecule has 0 aromatic heterocycles. The zero-order valence-corrected chi connectivity index (χ0v) is 14.9. The van der Waals surface area contributed by atoms with E-state index in [2.05, 4.69) is 0 Å². The Bertz CT molecular complexity index is 871. The molecular formula is C23H22O3. The van der Waals surface area contributed by atoms with Gasteiger partial charge in [-0.15, -0.1) is 0 Å². The van der Waals surface area contributed by atoms with E-state index in [0.717, 1.165) is 16.7 Å². The van der Waals surface area contributed by atoms with Gasteiger partial charge in [-0.25, -0.2) is 0 Å². The van der Waals surface area contributed by atoms with Crippen molar-refractivity contribution in [3.05, 3.63) is 95.1 Å². The lowest BCUT2D eigenvalue weighted by Gasteiger charge is -2.18. The molecule has 0 saturated heterocycles. The molecule has 0 saturated carbocycles. The van der Waals surface area contributed by atoms with Crippen molar-refractivity contribution >= 4 is 12.2 Å². The van der Waals surface area contributed by atoms with Crippen molar-refractivity contribution in [1.82, 2.24) is 0 Å². The largest absolute Gasteiger partial charge is 0.496 e. The molecule has 1 atom stereocenters. The van der Waals surface area contributed by atoms with Crippen LogP contribution in [0, 0.1) is 0 Å². The van der Waals surface area contributed by atoms with Crippen LogP contribution in [0.2, 0.25) is 0 Å². The van der Waals surface area contributed by atoms with Crippen LogP contribution in [0.25, 0.3) is 12.2 Å². The second-order valence-corrected chi connectivity index (χ2v) is 5.89. The van der Waals surface area contributed by atoms with E-state index in [-0.39, 0.29) is 0 Å². The molecule has 3 nitrogen and oxygen atoms in total. The van der Waals surface area contributed by atoms with Gasteiger partial charge in [-0.1, -0.05) is 72.8 Å². The van der Waals surface area contributed by atoms with Crippen molar-refractivity contribution in [2.75, 3.05) is 14.2 Å². The second kappa shape index (κ2) is 8.37. The molecule has 0 bridgehead atoms. The van der Waals surface area contributed by atoms with E-state index in [4.69, 9.17) is 9.47 Å². The van der Waals surface area contributed by atoms with Gasteiger partial charge in [0.1, 0.15) is 17.6 Å². The van der Waals surface area contributed by atoms with E-state index in [1.807, 2.05) is 84.9 Å². The minimum atomic E-state index is -0.785. The van der Waals surface area contributed by atoms with E-state index >= 15 is 0 Å². The number of aliphatic hydroxyl groups excluding tert-OH is 1. The van der Waals surface area contributed by atoms with Crippen LogP contribution < -0.4 is 9.47 Å². The average molecular weight is 346 g/mol. The Hall–Kier alpha value is -3.04. The summed E-state index contributed by atoms with van der Waals surface area (Å²) in [5, 5.41) is 10.8. The fourth-order valence-corrected chi connectivity index (χ4v) is 2.85. The molecular weight excluding hydrogens is 324 g/mol. The maximum atomic E-state index is 10.8. The summed E-state index contributed by atoms with van der Waals surface area (Å²) < 4.78 is 11.1. The minimum absolute atomic E-state index is 0.620. The monoisotopic (exact) mass is 346 g/mol. The highest BCUT2D eigenvalue weighted by Gasteiger charge is 2.18. The minimum Gasteiger partial charge on any atom is -0.496 e. The number of aliphatic hydroxyl groups is 1. The number of ether oxygens (including phenoxy) is 2. The zero-order chi connectivity index (χ0) is 18.4. The maximum absolute atomic E-state index is 10.8. The highest BCUT2D eigenvalue weighted by molar-refractivity contribution is 5.74. The fourth-order valence-electron chi connectivity index (χ4n) is 2.85. The van der Waals surface area contributed by atoms with Crippen molar-refractivity contribution in [2.24, 2.45) is 0 Å². The molecule has 0 aliphatic heterocycles. The molecule has 3 aromatic rings. The Balaban J connectivity index is 1.99. The van der Waals surface area contributed by atoms with E-state index < -0.39 is 6.10 Å². The maximum Gasteiger partial charge on any atom is 0.126 e. The normalized spacial score (nSPS) is 12.1. The van der Waals surface area contributed by atoms with E-state index in [1.165, 1.54) is 0 Å². The zero-order valence-electron chi connectivity index (χ0n) is 14.9. The van der Waals surface area contributed by atoms with Gasteiger partial charge in [0.25, 0.3) is 0 Å². The van der Waals surface area contributed by atoms with E-state index in [0.29, 0.717) is 17.1 Å². The highest BCUT2D eigenvalue weighted by atomic mass is 16.5.